The van der Waals surface area contributed by atoms with Crippen LogP contribution in [0.3, 0.4) is 0 Å². The summed E-state index contributed by atoms with van der Waals surface area (Å²) in [5, 5.41) is 13.4. The topological polar surface area (TPSA) is 69.2 Å². The molecule has 0 aliphatic heterocycles. The van der Waals surface area contributed by atoms with Gasteiger partial charge in [0.1, 0.15) is 5.52 Å². The van der Waals surface area contributed by atoms with Crippen LogP contribution in [0, 0.1) is 10.1 Å². The van der Waals surface area contributed by atoms with Gasteiger partial charge in [-0.3, -0.25) is 10.1 Å². The largest absolute Gasteiger partial charge is 0.436 e. The molecule has 0 aliphatic rings. The Morgan fingerprint density at radius 1 is 0.786 bits per heavy atom. The summed E-state index contributed by atoms with van der Waals surface area (Å²) in [6, 6.07) is 26.2. The summed E-state index contributed by atoms with van der Waals surface area (Å²) < 4.78 is 5.92. The molecule has 5 rings (SSSR count). The van der Waals surface area contributed by atoms with Gasteiger partial charge in [0.05, 0.1) is 10.5 Å². The third-order valence-electron chi connectivity index (χ3n) is 4.78. The van der Waals surface area contributed by atoms with Crippen molar-refractivity contribution in [1.82, 2.24) is 4.98 Å². The van der Waals surface area contributed by atoms with Crippen LogP contribution in [0.4, 0.5) is 5.69 Å². The van der Waals surface area contributed by atoms with Crippen LogP contribution < -0.4 is 0 Å². The predicted octanol–water partition coefficient (Wildman–Crippen LogP) is 6.22. The van der Waals surface area contributed by atoms with E-state index in [2.05, 4.69) is 4.98 Å². The number of hydrogen-bond acceptors (Lipinski definition) is 4. The van der Waals surface area contributed by atoms with E-state index in [1.54, 1.807) is 6.07 Å². The molecule has 0 saturated carbocycles. The van der Waals surface area contributed by atoms with Crippen LogP contribution >= 0.6 is 0 Å². The summed E-state index contributed by atoms with van der Waals surface area (Å²) in [6.07, 6.45) is 0. The van der Waals surface area contributed by atoms with E-state index in [0.29, 0.717) is 22.6 Å². The predicted molar refractivity (Wildman–Crippen MR) is 109 cm³/mol. The van der Waals surface area contributed by atoms with E-state index >= 15 is 0 Å². The molecule has 5 heteroatoms. The van der Waals surface area contributed by atoms with Crippen LogP contribution in [-0.2, 0) is 0 Å². The second-order valence-corrected chi connectivity index (χ2v) is 6.54. The Bertz CT molecular complexity index is 1340. The number of fused-ring (bicyclic) bond motifs is 2. The van der Waals surface area contributed by atoms with E-state index in [-0.39, 0.29) is 10.6 Å². The molecule has 0 spiro atoms. The molecule has 5 nitrogen and oxygen atoms in total. The van der Waals surface area contributed by atoms with E-state index in [1.165, 1.54) is 0 Å². The highest BCUT2D eigenvalue weighted by molar-refractivity contribution is 5.94. The summed E-state index contributed by atoms with van der Waals surface area (Å²) in [5.74, 6) is 0.528. The van der Waals surface area contributed by atoms with Gasteiger partial charge >= 0.3 is 0 Å². The lowest BCUT2D eigenvalue weighted by Gasteiger charge is -2.06. The molecule has 0 unspecified atom stereocenters. The third kappa shape index (κ3) is 2.70. The van der Waals surface area contributed by atoms with Crippen LogP contribution in [0.5, 0.6) is 0 Å². The lowest BCUT2D eigenvalue weighted by atomic mass is 9.99. The lowest BCUT2D eigenvalue weighted by molar-refractivity contribution is -0.384. The van der Waals surface area contributed by atoms with Gasteiger partial charge in [-0.25, -0.2) is 4.98 Å². The lowest BCUT2D eigenvalue weighted by Crippen LogP contribution is -1.92. The molecule has 0 atom stereocenters. The third-order valence-corrected chi connectivity index (χ3v) is 4.78. The Kier molecular flexibility index (Phi) is 3.66. The van der Waals surface area contributed by atoms with Gasteiger partial charge in [0, 0.05) is 11.6 Å². The van der Waals surface area contributed by atoms with Crippen molar-refractivity contribution < 1.29 is 9.34 Å². The maximum absolute atomic E-state index is 11.7. The molecule has 0 bridgehead atoms. The number of oxazole rings is 1. The van der Waals surface area contributed by atoms with Crippen LogP contribution in [0.1, 0.15) is 0 Å². The Morgan fingerprint density at radius 3 is 2.25 bits per heavy atom. The van der Waals surface area contributed by atoms with Crippen molar-refractivity contribution in [3.8, 4) is 22.6 Å². The maximum Gasteiger partial charge on any atom is 0.277 e. The highest BCUT2D eigenvalue weighted by Crippen LogP contribution is 2.36. The minimum atomic E-state index is -0.345. The summed E-state index contributed by atoms with van der Waals surface area (Å²) in [5.41, 5.74) is 3.55. The molecule has 0 amide bonds. The summed E-state index contributed by atoms with van der Waals surface area (Å²) in [6.45, 7) is 0. The Balaban J connectivity index is 1.69. The van der Waals surface area contributed by atoms with Gasteiger partial charge in [-0.2, -0.15) is 0 Å². The SMILES string of the molecule is O=[N+]([O-])c1cc2ccccc2cc1-c1ccc2nc(-c3ccccc3)oc2c1. The van der Waals surface area contributed by atoms with Crippen LogP contribution in [0.25, 0.3) is 44.5 Å². The number of nitro benzene ring substituents is 1. The Labute approximate surface area is 160 Å². The molecule has 0 fully saturated rings. The van der Waals surface area contributed by atoms with Gasteiger partial charge in [-0.15, -0.1) is 0 Å². The standard InChI is InChI=1S/C23H14N2O3/c26-25(27)21-13-17-9-5-4-8-16(17)12-19(21)18-10-11-20-22(14-18)28-23(24-20)15-6-2-1-3-7-15/h1-14H. The zero-order chi connectivity index (χ0) is 19.1. The van der Waals surface area contributed by atoms with E-state index in [4.69, 9.17) is 4.42 Å². The van der Waals surface area contributed by atoms with Gasteiger partial charge in [0.15, 0.2) is 5.58 Å². The van der Waals surface area contributed by atoms with Gasteiger partial charge < -0.3 is 4.42 Å². The molecule has 0 radical (unpaired) electrons. The smallest absolute Gasteiger partial charge is 0.277 e. The first-order chi connectivity index (χ1) is 13.7. The molecule has 4 aromatic carbocycles. The van der Waals surface area contributed by atoms with Gasteiger partial charge in [-0.1, -0.05) is 48.5 Å². The number of rotatable bonds is 3. The molecule has 0 saturated heterocycles. The first-order valence-electron chi connectivity index (χ1n) is 8.82. The molecule has 5 aromatic rings. The Hall–Kier alpha value is -3.99. The first kappa shape index (κ1) is 16.2. The molecular formula is C23H14N2O3. The minimum Gasteiger partial charge on any atom is -0.436 e. The first-order valence-corrected chi connectivity index (χ1v) is 8.82. The van der Waals surface area contributed by atoms with E-state index < -0.39 is 0 Å². The fourth-order valence-corrected chi connectivity index (χ4v) is 3.41. The quantitative estimate of drug-likeness (QED) is 0.281. The summed E-state index contributed by atoms with van der Waals surface area (Å²) in [7, 11) is 0. The number of hydrogen-bond donors (Lipinski definition) is 0. The van der Waals surface area contributed by atoms with Gasteiger partial charge in [-0.05, 0) is 46.7 Å². The second kappa shape index (κ2) is 6.32. The summed E-state index contributed by atoms with van der Waals surface area (Å²) in [4.78, 5) is 15.8. The molecule has 1 heterocycles. The number of benzene rings is 4. The second-order valence-electron chi connectivity index (χ2n) is 6.54. The zero-order valence-corrected chi connectivity index (χ0v) is 14.7. The van der Waals surface area contributed by atoms with Crippen molar-refractivity contribution in [2.45, 2.75) is 0 Å². The van der Waals surface area contributed by atoms with E-state index in [1.807, 2.05) is 78.9 Å². The van der Waals surface area contributed by atoms with Crippen LogP contribution in [0.15, 0.2) is 89.3 Å². The normalized spacial score (nSPS) is 11.1. The molecule has 28 heavy (non-hydrogen) atoms. The monoisotopic (exact) mass is 366 g/mol. The molecule has 134 valence electrons. The van der Waals surface area contributed by atoms with Crippen molar-refractivity contribution in [3.05, 3.63) is 95.0 Å². The average molecular weight is 366 g/mol. The maximum atomic E-state index is 11.7. The average Bonchev–Trinajstić information content (AvgIpc) is 3.17. The number of nitrogens with zero attached hydrogens (tertiary/aromatic N) is 2. The van der Waals surface area contributed by atoms with E-state index in [0.717, 1.165) is 21.9 Å². The van der Waals surface area contributed by atoms with Crippen molar-refractivity contribution in [3.63, 3.8) is 0 Å². The number of nitro groups is 1. The number of aromatic nitrogens is 1. The van der Waals surface area contributed by atoms with Gasteiger partial charge in [0.2, 0.25) is 5.89 Å². The van der Waals surface area contributed by atoms with Crippen LogP contribution in [-0.4, -0.2) is 9.91 Å². The van der Waals surface area contributed by atoms with Crippen molar-refractivity contribution >= 4 is 27.6 Å². The fourth-order valence-electron chi connectivity index (χ4n) is 3.41. The van der Waals surface area contributed by atoms with Crippen molar-refractivity contribution in [2.75, 3.05) is 0 Å². The molecular weight excluding hydrogens is 352 g/mol. The minimum absolute atomic E-state index is 0.0702. The molecule has 0 aliphatic carbocycles. The highest BCUT2D eigenvalue weighted by atomic mass is 16.6. The fraction of sp³-hybridized carbons (Fsp3) is 0. The Morgan fingerprint density at radius 2 is 1.50 bits per heavy atom. The van der Waals surface area contributed by atoms with Crippen molar-refractivity contribution in [1.29, 1.82) is 0 Å². The summed E-state index contributed by atoms with van der Waals surface area (Å²) >= 11 is 0. The molecule has 1 aromatic heterocycles. The van der Waals surface area contributed by atoms with Crippen molar-refractivity contribution in [2.24, 2.45) is 0 Å². The van der Waals surface area contributed by atoms with Gasteiger partial charge in [0.25, 0.3) is 5.69 Å². The molecule has 0 N–H and O–H groups in total. The van der Waals surface area contributed by atoms with Crippen LogP contribution in [0.2, 0.25) is 0 Å². The zero-order valence-electron chi connectivity index (χ0n) is 14.7. The van der Waals surface area contributed by atoms with E-state index in [9.17, 15) is 10.1 Å². The highest BCUT2D eigenvalue weighted by Gasteiger charge is 2.18.